The molecule has 1 saturated carbocycles. The number of hydrogen-bond donors (Lipinski definition) is 2. The summed E-state index contributed by atoms with van der Waals surface area (Å²) in [6.07, 6.45) is 10.3. The molecule has 1 amide bonds. The van der Waals surface area contributed by atoms with Crippen LogP contribution in [0.5, 0.6) is 0 Å². The Kier molecular flexibility index (Phi) is 5.26. The SMILES string of the molecule is CNc1ncc(C=Cc2ccc(S(C)(=O)=O)cc2)c2cc(NC(=O)C3CC3)ncc12. The number of carbonyl (C=O) groups is 1. The molecule has 1 aromatic carbocycles. The fourth-order valence-corrected chi connectivity index (χ4v) is 3.77. The third kappa shape index (κ3) is 4.33. The summed E-state index contributed by atoms with van der Waals surface area (Å²) >= 11 is 0. The molecule has 2 N–H and O–H groups in total. The summed E-state index contributed by atoms with van der Waals surface area (Å²) < 4.78 is 23.2. The van der Waals surface area contributed by atoms with E-state index >= 15 is 0 Å². The highest BCUT2D eigenvalue weighted by atomic mass is 32.2. The molecule has 4 rings (SSSR count). The number of benzene rings is 1. The first-order chi connectivity index (χ1) is 14.3. The van der Waals surface area contributed by atoms with E-state index in [9.17, 15) is 13.2 Å². The molecule has 0 bridgehead atoms. The minimum atomic E-state index is -3.22. The van der Waals surface area contributed by atoms with Gasteiger partial charge in [0.15, 0.2) is 9.84 Å². The van der Waals surface area contributed by atoms with Crippen molar-refractivity contribution in [1.82, 2.24) is 9.97 Å². The first-order valence-electron chi connectivity index (χ1n) is 9.61. The molecule has 1 aliphatic rings. The van der Waals surface area contributed by atoms with Crippen LogP contribution in [-0.4, -0.2) is 37.6 Å². The second kappa shape index (κ2) is 7.87. The number of sulfone groups is 1. The van der Waals surface area contributed by atoms with Crippen molar-refractivity contribution in [3.63, 3.8) is 0 Å². The van der Waals surface area contributed by atoms with E-state index in [1.807, 2.05) is 18.2 Å². The summed E-state index contributed by atoms with van der Waals surface area (Å²) in [5.41, 5.74) is 1.73. The molecule has 0 saturated heterocycles. The molecule has 0 radical (unpaired) electrons. The number of nitrogens with one attached hydrogen (secondary N) is 2. The van der Waals surface area contributed by atoms with Gasteiger partial charge in [0.1, 0.15) is 11.6 Å². The fraction of sp³-hybridized carbons (Fsp3) is 0.227. The summed E-state index contributed by atoms with van der Waals surface area (Å²) in [5, 5.41) is 7.69. The smallest absolute Gasteiger partial charge is 0.228 e. The van der Waals surface area contributed by atoms with E-state index in [1.165, 1.54) is 6.26 Å². The van der Waals surface area contributed by atoms with E-state index in [4.69, 9.17) is 0 Å². The molecule has 1 aliphatic carbocycles. The summed E-state index contributed by atoms with van der Waals surface area (Å²) in [6.45, 7) is 0. The lowest BCUT2D eigenvalue weighted by Gasteiger charge is -2.10. The lowest BCUT2D eigenvalue weighted by molar-refractivity contribution is -0.117. The Labute approximate surface area is 175 Å². The number of amides is 1. The van der Waals surface area contributed by atoms with Crippen molar-refractivity contribution in [2.75, 3.05) is 23.9 Å². The summed E-state index contributed by atoms with van der Waals surface area (Å²) in [4.78, 5) is 21.2. The monoisotopic (exact) mass is 422 g/mol. The van der Waals surface area contributed by atoms with E-state index < -0.39 is 9.84 Å². The average Bonchev–Trinajstić information content (AvgIpc) is 3.57. The molecular weight excluding hydrogens is 400 g/mol. The Morgan fingerprint density at radius 1 is 1.07 bits per heavy atom. The Morgan fingerprint density at radius 3 is 2.43 bits per heavy atom. The lowest BCUT2D eigenvalue weighted by atomic mass is 10.1. The van der Waals surface area contributed by atoms with Gasteiger partial charge in [0.25, 0.3) is 0 Å². The van der Waals surface area contributed by atoms with Gasteiger partial charge in [-0.2, -0.15) is 0 Å². The maximum absolute atomic E-state index is 12.1. The predicted octanol–water partition coefficient (Wildman–Crippen LogP) is 3.59. The highest BCUT2D eigenvalue weighted by Gasteiger charge is 2.29. The topological polar surface area (TPSA) is 101 Å². The minimum Gasteiger partial charge on any atom is -0.373 e. The largest absolute Gasteiger partial charge is 0.373 e. The second-order valence-electron chi connectivity index (χ2n) is 7.37. The Balaban J connectivity index is 1.68. The number of aromatic nitrogens is 2. The number of pyridine rings is 2. The molecule has 0 atom stereocenters. The van der Waals surface area contributed by atoms with Crippen molar-refractivity contribution in [2.45, 2.75) is 17.7 Å². The van der Waals surface area contributed by atoms with Gasteiger partial charge in [-0.3, -0.25) is 4.79 Å². The van der Waals surface area contributed by atoms with Gasteiger partial charge in [-0.1, -0.05) is 24.3 Å². The number of anilines is 2. The van der Waals surface area contributed by atoms with Gasteiger partial charge in [-0.25, -0.2) is 18.4 Å². The normalized spacial score (nSPS) is 14.2. The van der Waals surface area contributed by atoms with Crippen molar-refractivity contribution >= 4 is 50.3 Å². The Bertz CT molecular complexity index is 1250. The number of hydrogen-bond acceptors (Lipinski definition) is 6. The molecule has 0 spiro atoms. The number of carbonyl (C=O) groups excluding carboxylic acids is 1. The molecule has 2 heterocycles. The average molecular weight is 423 g/mol. The highest BCUT2D eigenvalue weighted by molar-refractivity contribution is 7.90. The number of fused-ring (bicyclic) bond motifs is 1. The standard InChI is InChI=1S/C22H22N4O3S/c1-23-21-19-13-24-20(26-22(27)15-7-8-15)11-18(19)16(12-25-21)6-3-14-4-9-17(10-5-14)30(2,28)29/h3-6,9-13,15H,7-8H2,1-2H3,(H,23,25)(H,24,26,27). The van der Waals surface area contributed by atoms with Gasteiger partial charge in [-0.15, -0.1) is 0 Å². The molecule has 0 aliphatic heterocycles. The molecule has 30 heavy (non-hydrogen) atoms. The van der Waals surface area contributed by atoms with Crippen LogP contribution in [0.4, 0.5) is 11.6 Å². The molecule has 1 fully saturated rings. The van der Waals surface area contributed by atoms with Crippen molar-refractivity contribution in [3.8, 4) is 0 Å². The summed E-state index contributed by atoms with van der Waals surface area (Å²) in [6, 6.07) is 8.54. The Hall–Kier alpha value is -3.26. The molecule has 2 aromatic heterocycles. The van der Waals surface area contributed by atoms with Crippen LogP contribution < -0.4 is 10.6 Å². The molecule has 7 nitrogen and oxygen atoms in total. The van der Waals surface area contributed by atoms with E-state index in [0.29, 0.717) is 11.6 Å². The Morgan fingerprint density at radius 2 is 1.80 bits per heavy atom. The molecular formula is C22H22N4O3S. The maximum atomic E-state index is 12.1. The quantitative estimate of drug-likeness (QED) is 0.630. The summed E-state index contributed by atoms with van der Waals surface area (Å²) in [7, 11) is -1.43. The van der Waals surface area contributed by atoms with Crippen LogP contribution in [0.15, 0.2) is 47.6 Å². The molecule has 3 aromatic rings. The van der Waals surface area contributed by atoms with Crippen molar-refractivity contribution in [2.24, 2.45) is 5.92 Å². The van der Waals surface area contributed by atoms with Crippen LogP contribution in [0.2, 0.25) is 0 Å². The zero-order valence-corrected chi connectivity index (χ0v) is 17.5. The number of rotatable bonds is 6. The minimum absolute atomic E-state index is 0.00723. The van der Waals surface area contributed by atoms with E-state index in [2.05, 4.69) is 20.6 Å². The highest BCUT2D eigenvalue weighted by Crippen LogP contribution is 2.31. The van der Waals surface area contributed by atoms with Crippen LogP contribution in [-0.2, 0) is 14.6 Å². The van der Waals surface area contributed by atoms with Crippen LogP contribution in [0, 0.1) is 5.92 Å². The zero-order chi connectivity index (χ0) is 21.3. The first kappa shape index (κ1) is 20.0. The summed E-state index contributed by atoms with van der Waals surface area (Å²) in [5.74, 6) is 1.32. The van der Waals surface area contributed by atoms with Crippen molar-refractivity contribution in [1.29, 1.82) is 0 Å². The van der Waals surface area contributed by atoms with Gasteiger partial charge >= 0.3 is 0 Å². The van der Waals surface area contributed by atoms with Crippen LogP contribution in [0.3, 0.4) is 0 Å². The van der Waals surface area contributed by atoms with E-state index in [0.717, 1.165) is 34.7 Å². The second-order valence-corrected chi connectivity index (χ2v) is 9.38. The lowest BCUT2D eigenvalue weighted by Crippen LogP contribution is -2.14. The van der Waals surface area contributed by atoms with Crippen molar-refractivity contribution < 1.29 is 13.2 Å². The van der Waals surface area contributed by atoms with Gasteiger partial charge in [0.05, 0.1) is 4.90 Å². The zero-order valence-electron chi connectivity index (χ0n) is 16.7. The van der Waals surface area contributed by atoms with Gasteiger partial charge in [0, 0.05) is 42.6 Å². The molecule has 154 valence electrons. The molecule has 0 unspecified atom stereocenters. The fourth-order valence-electron chi connectivity index (χ4n) is 3.14. The van der Waals surface area contributed by atoms with Crippen LogP contribution >= 0.6 is 0 Å². The van der Waals surface area contributed by atoms with Gasteiger partial charge in [0.2, 0.25) is 5.91 Å². The third-order valence-electron chi connectivity index (χ3n) is 5.00. The predicted molar refractivity (Wildman–Crippen MR) is 119 cm³/mol. The maximum Gasteiger partial charge on any atom is 0.228 e. The van der Waals surface area contributed by atoms with Gasteiger partial charge < -0.3 is 10.6 Å². The van der Waals surface area contributed by atoms with Crippen LogP contribution in [0.1, 0.15) is 24.0 Å². The van der Waals surface area contributed by atoms with Gasteiger partial charge in [-0.05, 0) is 42.0 Å². The first-order valence-corrected chi connectivity index (χ1v) is 11.5. The van der Waals surface area contributed by atoms with E-state index in [-0.39, 0.29) is 16.7 Å². The van der Waals surface area contributed by atoms with E-state index in [1.54, 1.807) is 43.7 Å². The third-order valence-corrected chi connectivity index (χ3v) is 6.13. The number of nitrogens with zero attached hydrogens (tertiary/aromatic N) is 2. The van der Waals surface area contributed by atoms with Crippen molar-refractivity contribution in [3.05, 3.63) is 53.9 Å². The van der Waals surface area contributed by atoms with Crippen LogP contribution in [0.25, 0.3) is 22.9 Å². The molecule has 8 heteroatoms.